The molecular formula is C24H21FN2O3S. The topological polar surface area (TPSA) is 66.5 Å². The highest BCUT2D eigenvalue weighted by molar-refractivity contribution is 8.04. The minimum Gasteiger partial charge on any atom is -0.348 e. The molecule has 1 atom stereocenters. The average Bonchev–Trinajstić information content (AvgIpc) is 2.80. The molecule has 2 aromatic rings. The molecular weight excluding hydrogens is 415 g/mol. The fourth-order valence-electron chi connectivity index (χ4n) is 3.64. The second kappa shape index (κ2) is 8.89. The van der Waals surface area contributed by atoms with Crippen LogP contribution in [0, 0.1) is 11.7 Å². The summed E-state index contributed by atoms with van der Waals surface area (Å²) in [6.45, 7) is 2.20. The molecule has 1 N–H and O–H groups in total. The van der Waals surface area contributed by atoms with Crippen molar-refractivity contribution >= 4 is 29.5 Å². The number of imide groups is 1. The van der Waals surface area contributed by atoms with Gasteiger partial charge >= 0.3 is 0 Å². The van der Waals surface area contributed by atoms with Gasteiger partial charge in [0.25, 0.3) is 11.8 Å². The van der Waals surface area contributed by atoms with Crippen molar-refractivity contribution in [3.63, 3.8) is 0 Å². The van der Waals surface area contributed by atoms with Crippen LogP contribution in [0.4, 0.5) is 4.39 Å². The number of nitrogens with one attached hydrogen (secondary N) is 1. The summed E-state index contributed by atoms with van der Waals surface area (Å²) in [6, 6.07) is 15.3. The number of amides is 3. The van der Waals surface area contributed by atoms with Crippen molar-refractivity contribution in [3.8, 4) is 0 Å². The number of nitrogens with zero attached hydrogens (tertiary/aromatic N) is 1. The fourth-order valence-corrected chi connectivity index (χ4v) is 4.79. The van der Waals surface area contributed by atoms with Crippen LogP contribution in [0.3, 0.4) is 0 Å². The van der Waals surface area contributed by atoms with Crippen molar-refractivity contribution in [2.24, 2.45) is 5.92 Å². The van der Waals surface area contributed by atoms with Gasteiger partial charge in [0.2, 0.25) is 5.91 Å². The first-order valence-electron chi connectivity index (χ1n) is 9.90. The number of rotatable bonds is 5. The molecule has 2 heterocycles. The molecule has 7 heteroatoms. The van der Waals surface area contributed by atoms with E-state index in [-0.39, 0.29) is 36.6 Å². The fraction of sp³-hybridized carbons (Fsp3) is 0.208. The maximum Gasteiger partial charge on any atom is 0.257 e. The van der Waals surface area contributed by atoms with Crippen LogP contribution in [-0.4, -0.2) is 28.4 Å². The monoisotopic (exact) mass is 436 g/mol. The van der Waals surface area contributed by atoms with Gasteiger partial charge < -0.3 is 5.32 Å². The average molecular weight is 437 g/mol. The summed E-state index contributed by atoms with van der Waals surface area (Å²) in [5.41, 5.74) is 2.97. The molecule has 2 aromatic carbocycles. The van der Waals surface area contributed by atoms with Gasteiger partial charge in [-0.05, 0) is 41.8 Å². The molecule has 31 heavy (non-hydrogen) atoms. The maximum absolute atomic E-state index is 13.1. The molecule has 3 amide bonds. The molecule has 158 valence electrons. The molecule has 0 saturated heterocycles. The summed E-state index contributed by atoms with van der Waals surface area (Å²) in [6.07, 6.45) is 1.65. The molecule has 5 nitrogen and oxygen atoms in total. The van der Waals surface area contributed by atoms with Gasteiger partial charge in [-0.15, -0.1) is 11.8 Å². The second-order valence-electron chi connectivity index (χ2n) is 7.47. The highest BCUT2D eigenvalue weighted by Gasteiger charge is 2.40. The van der Waals surface area contributed by atoms with E-state index in [1.54, 1.807) is 25.1 Å². The van der Waals surface area contributed by atoms with Gasteiger partial charge in [0.1, 0.15) is 5.82 Å². The van der Waals surface area contributed by atoms with Gasteiger partial charge in [0.05, 0.1) is 17.4 Å². The quantitative estimate of drug-likeness (QED) is 0.728. The molecule has 0 fully saturated rings. The maximum atomic E-state index is 13.1. The van der Waals surface area contributed by atoms with Crippen molar-refractivity contribution in [1.29, 1.82) is 0 Å². The molecule has 0 spiro atoms. The molecule has 2 aliphatic heterocycles. The van der Waals surface area contributed by atoms with Crippen LogP contribution in [0.15, 0.2) is 76.7 Å². The van der Waals surface area contributed by atoms with Crippen molar-refractivity contribution < 1.29 is 18.8 Å². The Hall–Kier alpha value is -3.19. The third-order valence-electron chi connectivity index (χ3n) is 5.43. The first kappa shape index (κ1) is 21.1. The Balaban J connectivity index is 1.51. The van der Waals surface area contributed by atoms with Gasteiger partial charge in [-0.2, -0.15) is 0 Å². The van der Waals surface area contributed by atoms with E-state index in [0.29, 0.717) is 16.2 Å². The lowest BCUT2D eigenvalue weighted by Crippen LogP contribution is -2.46. The van der Waals surface area contributed by atoms with E-state index in [0.717, 1.165) is 16.7 Å². The molecule has 2 aliphatic rings. The number of hydrogen-bond donors (Lipinski definition) is 1. The van der Waals surface area contributed by atoms with Crippen molar-refractivity contribution in [3.05, 3.63) is 93.7 Å². The molecule has 0 aliphatic carbocycles. The van der Waals surface area contributed by atoms with E-state index in [9.17, 15) is 18.8 Å². The molecule has 1 unspecified atom stereocenters. The largest absolute Gasteiger partial charge is 0.348 e. The number of halogens is 1. The van der Waals surface area contributed by atoms with Crippen molar-refractivity contribution in [1.82, 2.24) is 10.2 Å². The third kappa shape index (κ3) is 4.46. The number of thioether (sulfide) groups is 1. The van der Waals surface area contributed by atoms with Gasteiger partial charge in [-0.1, -0.05) is 42.5 Å². The Kier molecular flexibility index (Phi) is 6.04. The van der Waals surface area contributed by atoms with Crippen LogP contribution in [0.5, 0.6) is 0 Å². The van der Waals surface area contributed by atoms with E-state index >= 15 is 0 Å². The lowest BCUT2D eigenvalue weighted by Gasteiger charge is -2.34. The summed E-state index contributed by atoms with van der Waals surface area (Å²) in [4.78, 5) is 40.3. The van der Waals surface area contributed by atoms with Gasteiger partial charge in [0, 0.05) is 17.9 Å². The second-order valence-corrected chi connectivity index (χ2v) is 8.49. The van der Waals surface area contributed by atoms with Gasteiger partial charge in [-0.25, -0.2) is 4.39 Å². The number of carbonyl (C=O) groups is 3. The Morgan fingerprint density at radius 2 is 1.81 bits per heavy atom. The third-order valence-corrected chi connectivity index (χ3v) is 6.52. The number of benzene rings is 2. The molecule has 0 radical (unpaired) electrons. The molecule has 0 bridgehead atoms. The molecule has 4 rings (SSSR count). The molecule has 0 aromatic heterocycles. The lowest BCUT2D eigenvalue weighted by atomic mass is 9.89. The predicted octanol–water partition coefficient (Wildman–Crippen LogP) is 3.57. The lowest BCUT2D eigenvalue weighted by molar-refractivity contribution is -0.145. The van der Waals surface area contributed by atoms with Gasteiger partial charge in [-0.3, -0.25) is 19.3 Å². The Bertz CT molecular complexity index is 1090. The number of carbonyl (C=O) groups excluding carboxylic acids is 3. The van der Waals surface area contributed by atoms with E-state index < -0.39 is 5.92 Å². The van der Waals surface area contributed by atoms with Crippen LogP contribution in [0.2, 0.25) is 0 Å². The van der Waals surface area contributed by atoms with Crippen LogP contribution in [0.1, 0.15) is 18.1 Å². The minimum atomic E-state index is -0.616. The normalized spacial score (nSPS) is 18.6. The summed E-state index contributed by atoms with van der Waals surface area (Å²) < 4.78 is 13.0. The SMILES string of the molecule is CC1=C2CSC(C(=O)NCc3ccc(F)cc3)=CC2C(=O)N(Cc2ccccc2)C1=O. The number of fused-ring (bicyclic) bond motifs is 1. The van der Waals surface area contributed by atoms with Crippen LogP contribution >= 0.6 is 11.8 Å². The standard InChI is InChI=1S/C24H21FN2O3S/c1-15-20-14-31-21(22(28)26-12-16-7-9-18(25)10-8-16)11-19(20)24(30)27(23(15)29)13-17-5-3-2-4-6-17/h2-11,19H,12-14H2,1H3,(H,26,28). The van der Waals surface area contributed by atoms with Crippen LogP contribution in [0.25, 0.3) is 0 Å². The van der Waals surface area contributed by atoms with E-state index in [1.807, 2.05) is 30.3 Å². The molecule has 0 saturated carbocycles. The first-order valence-corrected chi connectivity index (χ1v) is 10.9. The minimum absolute atomic E-state index is 0.201. The Morgan fingerprint density at radius 1 is 1.10 bits per heavy atom. The van der Waals surface area contributed by atoms with Crippen LogP contribution < -0.4 is 5.32 Å². The first-order chi connectivity index (χ1) is 14.9. The highest BCUT2D eigenvalue weighted by Crippen LogP contribution is 2.38. The summed E-state index contributed by atoms with van der Waals surface area (Å²) >= 11 is 1.32. The van der Waals surface area contributed by atoms with Crippen molar-refractivity contribution in [2.45, 2.75) is 20.0 Å². The zero-order valence-corrected chi connectivity index (χ0v) is 17.7. The zero-order valence-electron chi connectivity index (χ0n) is 16.9. The van der Waals surface area contributed by atoms with Gasteiger partial charge in [0.15, 0.2) is 0 Å². The van der Waals surface area contributed by atoms with E-state index in [1.165, 1.54) is 28.8 Å². The Labute approximate surface area is 184 Å². The number of hydrogen-bond acceptors (Lipinski definition) is 4. The van der Waals surface area contributed by atoms with E-state index in [4.69, 9.17) is 0 Å². The summed E-state index contributed by atoms with van der Waals surface area (Å²) in [5, 5.41) is 2.81. The summed E-state index contributed by atoms with van der Waals surface area (Å²) in [5.74, 6) is -1.40. The van der Waals surface area contributed by atoms with Crippen LogP contribution in [-0.2, 0) is 27.5 Å². The Morgan fingerprint density at radius 3 is 2.52 bits per heavy atom. The predicted molar refractivity (Wildman–Crippen MR) is 117 cm³/mol. The zero-order chi connectivity index (χ0) is 22.0. The smallest absolute Gasteiger partial charge is 0.257 e. The van der Waals surface area contributed by atoms with E-state index in [2.05, 4.69) is 5.32 Å². The van der Waals surface area contributed by atoms with Crippen molar-refractivity contribution in [2.75, 3.05) is 5.75 Å². The highest BCUT2D eigenvalue weighted by atomic mass is 32.2. The summed E-state index contributed by atoms with van der Waals surface area (Å²) in [7, 11) is 0.